The molecular weight excluding hydrogens is 253 g/mol. The number of anilines is 1. The topological polar surface area (TPSA) is 51.8 Å². The van der Waals surface area contributed by atoms with E-state index in [1.54, 1.807) is 12.3 Å². The molecule has 0 bridgehead atoms. The number of benzene rings is 2. The molecule has 1 heterocycles. The lowest BCUT2D eigenvalue weighted by Gasteiger charge is -2.09. The number of nitrogens with zero attached hydrogens (tertiary/aromatic N) is 2. The normalized spacial score (nSPS) is 10.4. The van der Waals surface area contributed by atoms with Gasteiger partial charge in [0.15, 0.2) is 0 Å². The SMILES string of the molecule is Nc1ncc(-c2cccc(F)c2)c(-c2ccccc2)n1. The van der Waals surface area contributed by atoms with Gasteiger partial charge >= 0.3 is 0 Å². The molecule has 1 aromatic heterocycles. The Morgan fingerprint density at radius 2 is 1.65 bits per heavy atom. The largest absolute Gasteiger partial charge is 0.368 e. The van der Waals surface area contributed by atoms with Crippen LogP contribution in [-0.4, -0.2) is 9.97 Å². The zero-order valence-electron chi connectivity index (χ0n) is 10.6. The molecule has 0 aliphatic heterocycles. The molecule has 0 fully saturated rings. The molecule has 0 saturated carbocycles. The van der Waals surface area contributed by atoms with Gasteiger partial charge in [0.25, 0.3) is 0 Å². The number of aromatic nitrogens is 2. The summed E-state index contributed by atoms with van der Waals surface area (Å²) in [6, 6.07) is 16.0. The van der Waals surface area contributed by atoms with E-state index in [2.05, 4.69) is 9.97 Å². The van der Waals surface area contributed by atoms with Crippen molar-refractivity contribution in [1.29, 1.82) is 0 Å². The highest BCUT2D eigenvalue weighted by Gasteiger charge is 2.10. The van der Waals surface area contributed by atoms with Gasteiger partial charge in [0.05, 0.1) is 5.69 Å². The highest BCUT2D eigenvalue weighted by atomic mass is 19.1. The molecule has 0 atom stereocenters. The van der Waals surface area contributed by atoms with E-state index < -0.39 is 0 Å². The van der Waals surface area contributed by atoms with Crippen LogP contribution >= 0.6 is 0 Å². The first-order valence-electron chi connectivity index (χ1n) is 6.18. The van der Waals surface area contributed by atoms with Gasteiger partial charge in [0.1, 0.15) is 5.82 Å². The Kier molecular flexibility index (Phi) is 3.13. The third-order valence-corrected chi connectivity index (χ3v) is 2.99. The van der Waals surface area contributed by atoms with Crippen molar-refractivity contribution in [1.82, 2.24) is 9.97 Å². The van der Waals surface area contributed by atoms with Crippen LogP contribution in [0.5, 0.6) is 0 Å². The summed E-state index contributed by atoms with van der Waals surface area (Å²) in [5.74, 6) is -0.0951. The lowest BCUT2D eigenvalue weighted by Crippen LogP contribution is -1.98. The Hall–Kier alpha value is -2.75. The van der Waals surface area contributed by atoms with Crippen LogP contribution in [0.25, 0.3) is 22.4 Å². The fraction of sp³-hybridized carbons (Fsp3) is 0. The van der Waals surface area contributed by atoms with Crippen LogP contribution in [0.2, 0.25) is 0 Å². The molecule has 0 amide bonds. The Morgan fingerprint density at radius 3 is 2.40 bits per heavy atom. The van der Waals surface area contributed by atoms with Crippen LogP contribution in [0.15, 0.2) is 60.8 Å². The molecular formula is C16H12FN3. The maximum absolute atomic E-state index is 13.4. The second kappa shape index (κ2) is 5.09. The van der Waals surface area contributed by atoms with Crippen molar-refractivity contribution in [2.45, 2.75) is 0 Å². The lowest BCUT2D eigenvalue weighted by atomic mass is 10.0. The van der Waals surface area contributed by atoms with E-state index in [-0.39, 0.29) is 11.8 Å². The molecule has 0 spiro atoms. The van der Waals surface area contributed by atoms with E-state index in [1.165, 1.54) is 12.1 Å². The fourth-order valence-corrected chi connectivity index (χ4v) is 2.08. The van der Waals surface area contributed by atoms with Crippen molar-refractivity contribution < 1.29 is 4.39 Å². The smallest absolute Gasteiger partial charge is 0.220 e. The molecule has 0 radical (unpaired) electrons. The average molecular weight is 265 g/mol. The maximum Gasteiger partial charge on any atom is 0.220 e. The quantitative estimate of drug-likeness (QED) is 0.771. The Labute approximate surface area is 115 Å². The minimum atomic E-state index is -0.293. The minimum absolute atomic E-state index is 0.198. The predicted octanol–water partition coefficient (Wildman–Crippen LogP) is 3.53. The lowest BCUT2D eigenvalue weighted by molar-refractivity contribution is 0.628. The van der Waals surface area contributed by atoms with Crippen LogP contribution in [0.1, 0.15) is 0 Å². The molecule has 0 aliphatic carbocycles. The van der Waals surface area contributed by atoms with Gasteiger partial charge in [-0.2, -0.15) is 0 Å². The first-order chi connectivity index (χ1) is 9.74. The molecule has 3 nitrogen and oxygen atoms in total. The summed E-state index contributed by atoms with van der Waals surface area (Å²) >= 11 is 0. The average Bonchev–Trinajstić information content (AvgIpc) is 2.48. The second-order valence-electron chi connectivity index (χ2n) is 4.37. The van der Waals surface area contributed by atoms with E-state index in [4.69, 9.17) is 5.73 Å². The van der Waals surface area contributed by atoms with Crippen molar-refractivity contribution >= 4 is 5.95 Å². The van der Waals surface area contributed by atoms with Gasteiger partial charge in [-0.05, 0) is 17.7 Å². The number of hydrogen-bond acceptors (Lipinski definition) is 3. The summed E-state index contributed by atoms with van der Waals surface area (Å²) in [6.07, 6.45) is 1.62. The maximum atomic E-state index is 13.4. The van der Waals surface area contributed by atoms with Gasteiger partial charge in [0.2, 0.25) is 5.95 Å². The monoisotopic (exact) mass is 265 g/mol. The van der Waals surface area contributed by atoms with E-state index in [1.807, 2.05) is 36.4 Å². The van der Waals surface area contributed by atoms with Crippen LogP contribution < -0.4 is 5.73 Å². The van der Waals surface area contributed by atoms with Crippen LogP contribution in [-0.2, 0) is 0 Å². The van der Waals surface area contributed by atoms with E-state index >= 15 is 0 Å². The van der Waals surface area contributed by atoms with Gasteiger partial charge in [-0.25, -0.2) is 14.4 Å². The molecule has 3 rings (SSSR count). The molecule has 3 aromatic rings. The number of nitrogen functional groups attached to an aromatic ring is 1. The first kappa shape index (κ1) is 12.3. The summed E-state index contributed by atoms with van der Waals surface area (Å²) in [6.45, 7) is 0. The van der Waals surface area contributed by atoms with Crippen molar-refractivity contribution in [2.24, 2.45) is 0 Å². The number of rotatable bonds is 2. The van der Waals surface area contributed by atoms with Gasteiger partial charge in [-0.1, -0.05) is 42.5 Å². The van der Waals surface area contributed by atoms with E-state index in [0.717, 1.165) is 16.7 Å². The molecule has 98 valence electrons. The number of hydrogen-bond donors (Lipinski definition) is 1. The van der Waals surface area contributed by atoms with Crippen molar-refractivity contribution in [3.8, 4) is 22.4 Å². The van der Waals surface area contributed by atoms with Crippen molar-refractivity contribution in [3.05, 3.63) is 66.6 Å². The molecule has 20 heavy (non-hydrogen) atoms. The summed E-state index contributed by atoms with van der Waals surface area (Å²) in [5, 5.41) is 0. The Morgan fingerprint density at radius 1 is 0.900 bits per heavy atom. The van der Waals surface area contributed by atoms with Gasteiger partial charge in [0, 0.05) is 17.3 Å². The Bertz CT molecular complexity index is 742. The number of nitrogens with two attached hydrogens (primary N) is 1. The van der Waals surface area contributed by atoms with Crippen molar-refractivity contribution in [2.75, 3.05) is 5.73 Å². The third-order valence-electron chi connectivity index (χ3n) is 2.99. The fourth-order valence-electron chi connectivity index (χ4n) is 2.08. The Balaban J connectivity index is 2.22. The second-order valence-corrected chi connectivity index (χ2v) is 4.37. The molecule has 2 N–H and O–H groups in total. The van der Waals surface area contributed by atoms with Crippen molar-refractivity contribution in [3.63, 3.8) is 0 Å². The zero-order chi connectivity index (χ0) is 13.9. The highest BCUT2D eigenvalue weighted by Crippen LogP contribution is 2.30. The van der Waals surface area contributed by atoms with Crippen LogP contribution in [0.3, 0.4) is 0 Å². The summed E-state index contributed by atoms with van der Waals surface area (Å²) in [7, 11) is 0. The molecule has 0 saturated heterocycles. The molecule has 4 heteroatoms. The standard InChI is InChI=1S/C16H12FN3/c17-13-8-4-7-12(9-13)14-10-19-16(18)20-15(14)11-5-2-1-3-6-11/h1-10H,(H2,18,19,20). The first-order valence-corrected chi connectivity index (χ1v) is 6.18. The predicted molar refractivity (Wildman–Crippen MR) is 77.3 cm³/mol. The van der Waals surface area contributed by atoms with Crippen LogP contribution in [0, 0.1) is 5.82 Å². The number of halogens is 1. The summed E-state index contributed by atoms with van der Waals surface area (Å²) in [5.41, 5.74) is 8.77. The van der Waals surface area contributed by atoms with Gasteiger partial charge < -0.3 is 5.73 Å². The highest BCUT2D eigenvalue weighted by molar-refractivity contribution is 5.80. The van der Waals surface area contributed by atoms with E-state index in [9.17, 15) is 4.39 Å². The summed E-state index contributed by atoms with van der Waals surface area (Å²) < 4.78 is 13.4. The molecule has 0 unspecified atom stereocenters. The zero-order valence-corrected chi connectivity index (χ0v) is 10.6. The van der Waals surface area contributed by atoms with E-state index in [0.29, 0.717) is 5.69 Å². The minimum Gasteiger partial charge on any atom is -0.368 e. The summed E-state index contributed by atoms with van der Waals surface area (Å²) in [4.78, 5) is 8.31. The van der Waals surface area contributed by atoms with Gasteiger partial charge in [-0.15, -0.1) is 0 Å². The van der Waals surface area contributed by atoms with Gasteiger partial charge in [-0.3, -0.25) is 0 Å². The molecule has 0 aliphatic rings. The third kappa shape index (κ3) is 2.36. The molecule has 2 aromatic carbocycles. The van der Waals surface area contributed by atoms with Crippen LogP contribution in [0.4, 0.5) is 10.3 Å².